The van der Waals surface area contributed by atoms with Crippen LogP contribution in [0.4, 0.5) is 4.39 Å². The van der Waals surface area contributed by atoms with Crippen LogP contribution in [0.3, 0.4) is 0 Å². The maximum absolute atomic E-state index is 13.4. The monoisotopic (exact) mass is 237 g/mol. The van der Waals surface area contributed by atoms with Crippen LogP contribution in [-0.2, 0) is 11.2 Å². The van der Waals surface area contributed by atoms with Gasteiger partial charge in [0.05, 0.1) is 13.2 Å². The number of ketones is 1. The molecule has 0 heterocycles. The number of carbonyl (C=O) groups excluding carboxylic acids is 1. The molecule has 0 fully saturated rings. The molecule has 4 heteroatoms. The lowest BCUT2D eigenvalue weighted by Crippen LogP contribution is -2.31. The molecule has 0 aliphatic rings. The largest absolute Gasteiger partial charge is 0.494 e. The van der Waals surface area contributed by atoms with Gasteiger partial charge in [-0.2, -0.15) is 0 Å². The highest BCUT2D eigenvalue weighted by atomic mass is 19.1. The van der Waals surface area contributed by atoms with Crippen LogP contribution in [0.5, 0.6) is 5.75 Å². The summed E-state index contributed by atoms with van der Waals surface area (Å²) in [6.45, 7) is 3.52. The number of hydrogen-bond acceptors (Lipinski definition) is 3. The van der Waals surface area contributed by atoms with E-state index in [0.717, 1.165) is 0 Å². The molecule has 0 saturated carbocycles. The number of carbonyl (C=O) groups is 1. The molecule has 1 unspecified atom stereocenters. The van der Waals surface area contributed by atoms with Gasteiger partial charge in [0.2, 0.25) is 0 Å². The van der Waals surface area contributed by atoms with Crippen LogP contribution in [0.2, 0.25) is 0 Å². The quantitative estimate of drug-likeness (QED) is 0.768. The Morgan fingerprint density at radius 2 is 2.35 bits per heavy atom. The Kier molecular flexibility index (Phi) is 4.84. The van der Waals surface area contributed by atoms with Gasteiger partial charge in [0.1, 0.15) is 0 Å². The molecule has 17 heavy (non-hydrogen) atoms. The molecule has 3 nitrogen and oxygen atoms in total. The third kappa shape index (κ3) is 3.67. The maximum atomic E-state index is 13.4. The first-order chi connectivity index (χ1) is 8.08. The molecule has 0 bridgehead atoms. The highest BCUT2D eigenvalue weighted by molar-refractivity contribution is 5.86. The Morgan fingerprint density at radius 3 is 2.88 bits per heavy atom. The Bertz CT molecular complexity index is 418. The summed E-state index contributed by atoms with van der Waals surface area (Å²) in [5.74, 6) is -0.443. The van der Waals surface area contributed by atoms with E-state index in [1.165, 1.54) is 19.2 Å². The van der Waals surface area contributed by atoms with Gasteiger partial charge in [0, 0.05) is 6.42 Å². The van der Waals surface area contributed by atoms with E-state index in [1.807, 2.05) is 0 Å². The SMILES string of the molecule is C=CCC(N)C(=O)Cc1ccc(OC)c(F)c1. The number of halogens is 1. The van der Waals surface area contributed by atoms with Crippen molar-refractivity contribution in [3.63, 3.8) is 0 Å². The molecular weight excluding hydrogens is 221 g/mol. The van der Waals surface area contributed by atoms with E-state index >= 15 is 0 Å². The van der Waals surface area contributed by atoms with Gasteiger partial charge in [0.15, 0.2) is 17.3 Å². The fourth-order valence-corrected chi connectivity index (χ4v) is 1.46. The summed E-state index contributed by atoms with van der Waals surface area (Å²) in [5, 5.41) is 0. The summed E-state index contributed by atoms with van der Waals surface area (Å²) >= 11 is 0. The Labute approximate surface area is 100 Å². The topological polar surface area (TPSA) is 52.3 Å². The smallest absolute Gasteiger partial charge is 0.165 e. The second-order valence-corrected chi connectivity index (χ2v) is 3.74. The standard InChI is InChI=1S/C13H16FNO2/c1-3-4-11(15)12(16)8-9-5-6-13(17-2)10(14)7-9/h3,5-7,11H,1,4,8,15H2,2H3. The minimum absolute atomic E-state index is 0.121. The summed E-state index contributed by atoms with van der Waals surface area (Å²) in [7, 11) is 1.39. The number of methoxy groups -OCH3 is 1. The van der Waals surface area contributed by atoms with Gasteiger partial charge in [-0.3, -0.25) is 4.79 Å². The first-order valence-corrected chi connectivity index (χ1v) is 5.30. The van der Waals surface area contributed by atoms with Crippen molar-refractivity contribution in [3.8, 4) is 5.75 Å². The number of Topliss-reactive ketones (excluding diaryl/α,β-unsaturated/α-hetero) is 1. The van der Waals surface area contributed by atoms with Crippen molar-refractivity contribution in [1.29, 1.82) is 0 Å². The van der Waals surface area contributed by atoms with E-state index in [1.54, 1.807) is 12.1 Å². The average molecular weight is 237 g/mol. The molecule has 1 aromatic rings. The number of ether oxygens (including phenoxy) is 1. The van der Waals surface area contributed by atoms with E-state index in [9.17, 15) is 9.18 Å². The van der Waals surface area contributed by atoms with E-state index < -0.39 is 11.9 Å². The molecule has 0 amide bonds. The van der Waals surface area contributed by atoms with E-state index in [0.29, 0.717) is 12.0 Å². The summed E-state index contributed by atoms with van der Waals surface area (Å²) in [6.07, 6.45) is 2.14. The second kappa shape index (κ2) is 6.15. The summed E-state index contributed by atoms with van der Waals surface area (Å²) in [4.78, 5) is 11.6. The molecule has 0 spiro atoms. The molecule has 2 N–H and O–H groups in total. The van der Waals surface area contributed by atoms with Crippen molar-refractivity contribution >= 4 is 5.78 Å². The molecule has 1 rings (SSSR count). The average Bonchev–Trinajstić information content (AvgIpc) is 2.29. The zero-order valence-corrected chi connectivity index (χ0v) is 9.78. The van der Waals surface area contributed by atoms with Crippen LogP contribution in [0.25, 0.3) is 0 Å². The van der Waals surface area contributed by atoms with Gasteiger partial charge < -0.3 is 10.5 Å². The van der Waals surface area contributed by atoms with Crippen LogP contribution in [0.15, 0.2) is 30.9 Å². The minimum Gasteiger partial charge on any atom is -0.494 e. The van der Waals surface area contributed by atoms with Crippen molar-refractivity contribution in [1.82, 2.24) is 0 Å². The van der Waals surface area contributed by atoms with Crippen LogP contribution < -0.4 is 10.5 Å². The van der Waals surface area contributed by atoms with Crippen LogP contribution >= 0.6 is 0 Å². The molecule has 1 aromatic carbocycles. The van der Waals surface area contributed by atoms with Crippen molar-refractivity contribution in [2.75, 3.05) is 7.11 Å². The summed E-state index contributed by atoms with van der Waals surface area (Å²) in [5.41, 5.74) is 6.22. The fraction of sp³-hybridized carbons (Fsp3) is 0.308. The predicted octanol–water partition coefficient (Wildman–Crippen LogP) is 1.85. The zero-order valence-electron chi connectivity index (χ0n) is 9.78. The third-order valence-corrected chi connectivity index (χ3v) is 2.43. The third-order valence-electron chi connectivity index (χ3n) is 2.43. The van der Waals surface area contributed by atoms with Gasteiger partial charge in [-0.15, -0.1) is 6.58 Å². The van der Waals surface area contributed by atoms with Crippen LogP contribution in [0, 0.1) is 5.82 Å². The number of hydrogen-bond donors (Lipinski definition) is 1. The molecule has 0 aliphatic carbocycles. The maximum Gasteiger partial charge on any atom is 0.165 e. The summed E-state index contributed by atoms with van der Waals surface area (Å²) < 4.78 is 18.2. The highest BCUT2D eigenvalue weighted by Crippen LogP contribution is 2.18. The molecule has 0 saturated heterocycles. The number of benzene rings is 1. The van der Waals surface area contributed by atoms with E-state index in [-0.39, 0.29) is 18.0 Å². The van der Waals surface area contributed by atoms with Gasteiger partial charge in [-0.25, -0.2) is 4.39 Å². The Balaban J connectivity index is 2.72. The van der Waals surface area contributed by atoms with Crippen molar-refractivity contribution in [2.24, 2.45) is 5.73 Å². The molecule has 0 radical (unpaired) electrons. The Morgan fingerprint density at radius 1 is 1.65 bits per heavy atom. The van der Waals surface area contributed by atoms with Gasteiger partial charge in [-0.05, 0) is 24.1 Å². The normalized spacial score (nSPS) is 11.9. The lowest BCUT2D eigenvalue weighted by molar-refractivity contribution is -0.119. The highest BCUT2D eigenvalue weighted by Gasteiger charge is 2.13. The van der Waals surface area contributed by atoms with E-state index in [4.69, 9.17) is 10.5 Å². The first-order valence-electron chi connectivity index (χ1n) is 5.30. The first kappa shape index (κ1) is 13.4. The summed E-state index contributed by atoms with van der Waals surface area (Å²) in [6, 6.07) is 3.87. The lowest BCUT2D eigenvalue weighted by atomic mass is 10.0. The molecule has 1 atom stereocenters. The Hall–Kier alpha value is -1.68. The second-order valence-electron chi connectivity index (χ2n) is 3.74. The molecule has 0 aromatic heterocycles. The van der Waals surface area contributed by atoms with Gasteiger partial charge in [0.25, 0.3) is 0 Å². The number of rotatable bonds is 6. The van der Waals surface area contributed by atoms with Crippen molar-refractivity contribution < 1.29 is 13.9 Å². The van der Waals surface area contributed by atoms with Gasteiger partial charge >= 0.3 is 0 Å². The van der Waals surface area contributed by atoms with Crippen molar-refractivity contribution in [2.45, 2.75) is 18.9 Å². The predicted molar refractivity (Wildman–Crippen MR) is 64.5 cm³/mol. The van der Waals surface area contributed by atoms with Crippen LogP contribution in [0.1, 0.15) is 12.0 Å². The van der Waals surface area contributed by atoms with Crippen molar-refractivity contribution in [3.05, 3.63) is 42.2 Å². The number of nitrogens with two attached hydrogens (primary N) is 1. The fourth-order valence-electron chi connectivity index (χ4n) is 1.46. The minimum atomic E-state index is -0.572. The zero-order chi connectivity index (χ0) is 12.8. The molecular formula is C13H16FNO2. The molecule has 0 aliphatic heterocycles. The van der Waals surface area contributed by atoms with Crippen LogP contribution in [-0.4, -0.2) is 18.9 Å². The van der Waals surface area contributed by atoms with Gasteiger partial charge in [-0.1, -0.05) is 12.1 Å². The van der Waals surface area contributed by atoms with E-state index in [2.05, 4.69) is 6.58 Å². The molecule has 92 valence electrons. The lowest BCUT2D eigenvalue weighted by Gasteiger charge is -2.08.